The predicted octanol–water partition coefficient (Wildman–Crippen LogP) is 3.97. The van der Waals surface area contributed by atoms with Crippen molar-refractivity contribution in [3.8, 4) is 11.4 Å². The van der Waals surface area contributed by atoms with Crippen molar-refractivity contribution in [3.05, 3.63) is 61.7 Å². The Morgan fingerprint density at radius 1 is 1.40 bits per heavy atom. The van der Waals surface area contributed by atoms with E-state index in [0.717, 1.165) is 28.4 Å². The quantitative estimate of drug-likeness (QED) is 0.405. The molecule has 2 aliphatic rings. The van der Waals surface area contributed by atoms with Gasteiger partial charge in [-0.2, -0.15) is 0 Å². The van der Waals surface area contributed by atoms with Crippen LogP contribution in [0.25, 0.3) is 22.3 Å². The molecule has 1 aliphatic carbocycles. The van der Waals surface area contributed by atoms with E-state index in [0.29, 0.717) is 52.9 Å². The minimum absolute atomic E-state index is 0.0646. The molecule has 0 bridgehead atoms. The second-order valence-electron chi connectivity index (χ2n) is 9.19. The summed E-state index contributed by atoms with van der Waals surface area (Å²) in [4.78, 5) is 41.8. The molecular weight excluding hydrogens is 453 g/mol. The van der Waals surface area contributed by atoms with Crippen LogP contribution in [0.15, 0.2) is 16.9 Å². The Kier molecular flexibility index (Phi) is 5.67. The van der Waals surface area contributed by atoms with Crippen molar-refractivity contribution in [2.75, 3.05) is 7.11 Å². The smallest absolute Gasteiger partial charge is 0.405 e. The van der Waals surface area contributed by atoms with E-state index < -0.39 is 18.1 Å². The van der Waals surface area contributed by atoms with Gasteiger partial charge in [-0.3, -0.25) is 4.79 Å². The van der Waals surface area contributed by atoms with Crippen LogP contribution in [0.5, 0.6) is 0 Å². The molecule has 0 saturated carbocycles. The van der Waals surface area contributed by atoms with Gasteiger partial charge in [-0.05, 0) is 54.5 Å². The molecule has 182 valence electrons. The Hall–Kier alpha value is -3.59. The number of aldehydes is 1. The maximum absolute atomic E-state index is 14.8. The van der Waals surface area contributed by atoms with Crippen molar-refractivity contribution in [2.24, 2.45) is 0 Å². The van der Waals surface area contributed by atoms with E-state index in [-0.39, 0.29) is 24.5 Å². The first-order chi connectivity index (χ1) is 16.8. The fraction of sp³-hybridized carbons (Fsp3) is 0.385. The maximum atomic E-state index is 14.8. The van der Waals surface area contributed by atoms with Gasteiger partial charge in [-0.15, -0.1) is 0 Å². The molecule has 2 aromatic heterocycles. The highest BCUT2D eigenvalue weighted by Crippen LogP contribution is 2.45. The summed E-state index contributed by atoms with van der Waals surface area (Å²) in [5, 5.41) is 12.9. The Bertz CT molecular complexity index is 1460. The number of aryl methyl sites for hydroxylation is 1. The van der Waals surface area contributed by atoms with Crippen LogP contribution in [0.3, 0.4) is 0 Å². The SMILES string of the molecule is CCC(C=O)c1cc2n(c(=O)c1COC)Cc1c-2nc2cc(F)c(C)c3c2c1C(NC(=O)O)CC3. The number of ether oxygens (including phenoxy) is 1. The van der Waals surface area contributed by atoms with Crippen molar-refractivity contribution < 1.29 is 23.8 Å². The van der Waals surface area contributed by atoms with E-state index in [9.17, 15) is 23.9 Å². The molecule has 9 heteroatoms. The van der Waals surface area contributed by atoms with E-state index >= 15 is 0 Å². The van der Waals surface area contributed by atoms with Crippen LogP contribution in [-0.2, 0) is 29.1 Å². The Labute approximate surface area is 200 Å². The molecule has 3 heterocycles. The number of rotatable bonds is 6. The third kappa shape index (κ3) is 3.44. The first-order valence-corrected chi connectivity index (χ1v) is 11.7. The number of carbonyl (C=O) groups excluding carboxylic acids is 1. The highest BCUT2D eigenvalue weighted by Gasteiger charge is 2.35. The molecule has 1 aliphatic heterocycles. The molecule has 0 radical (unpaired) electrons. The number of hydrogen-bond acceptors (Lipinski definition) is 5. The van der Waals surface area contributed by atoms with Crippen molar-refractivity contribution in [2.45, 2.75) is 58.2 Å². The molecule has 0 spiro atoms. The second-order valence-corrected chi connectivity index (χ2v) is 9.19. The Morgan fingerprint density at radius 2 is 2.17 bits per heavy atom. The van der Waals surface area contributed by atoms with Gasteiger partial charge in [-0.1, -0.05) is 6.92 Å². The number of aromatic nitrogens is 2. The number of benzene rings is 1. The molecule has 2 unspecified atom stereocenters. The maximum Gasteiger partial charge on any atom is 0.405 e. The third-order valence-corrected chi connectivity index (χ3v) is 7.36. The normalized spacial score (nSPS) is 16.6. The summed E-state index contributed by atoms with van der Waals surface area (Å²) in [7, 11) is 1.50. The van der Waals surface area contributed by atoms with Crippen molar-refractivity contribution in [1.82, 2.24) is 14.9 Å². The zero-order valence-corrected chi connectivity index (χ0v) is 19.8. The van der Waals surface area contributed by atoms with Crippen LogP contribution >= 0.6 is 0 Å². The van der Waals surface area contributed by atoms with Crippen molar-refractivity contribution >= 4 is 23.3 Å². The molecule has 8 nitrogen and oxygen atoms in total. The van der Waals surface area contributed by atoms with Crippen LogP contribution in [0.2, 0.25) is 0 Å². The number of amides is 1. The molecule has 1 aromatic carbocycles. The summed E-state index contributed by atoms with van der Waals surface area (Å²) in [5.41, 5.74) is 5.09. The van der Waals surface area contributed by atoms with E-state index in [2.05, 4.69) is 5.32 Å². The molecule has 1 amide bonds. The summed E-state index contributed by atoms with van der Waals surface area (Å²) in [5.74, 6) is -0.844. The number of fused-ring (bicyclic) bond motifs is 4. The monoisotopic (exact) mass is 479 g/mol. The van der Waals surface area contributed by atoms with Crippen LogP contribution in [0, 0.1) is 12.7 Å². The van der Waals surface area contributed by atoms with Gasteiger partial charge in [0.1, 0.15) is 12.1 Å². The summed E-state index contributed by atoms with van der Waals surface area (Å²) in [6.07, 6.45) is 1.19. The van der Waals surface area contributed by atoms with E-state index in [4.69, 9.17) is 9.72 Å². The topological polar surface area (TPSA) is 111 Å². The van der Waals surface area contributed by atoms with Gasteiger partial charge in [0.05, 0.1) is 36.1 Å². The standard InChI is InChI=1S/C26H26FN3O5/c1-4-13(10-31)15-7-21-24-16(9-30(21)25(32)17(15)11-35-3)23-19(29-26(33)34)6-5-14-12(2)18(27)8-20(28-24)22(14)23/h7-8,10,13,19,29H,4-6,9,11H2,1-3H3,(H,33,34). The molecule has 0 fully saturated rings. The summed E-state index contributed by atoms with van der Waals surface area (Å²) in [6, 6.07) is 2.68. The molecule has 2 atom stereocenters. The highest BCUT2D eigenvalue weighted by molar-refractivity contribution is 5.93. The fourth-order valence-corrected chi connectivity index (χ4v) is 5.67. The second kappa shape index (κ2) is 8.57. The highest BCUT2D eigenvalue weighted by atomic mass is 19.1. The summed E-state index contributed by atoms with van der Waals surface area (Å²) < 4.78 is 21.7. The largest absolute Gasteiger partial charge is 0.465 e. The molecular formula is C26H26FN3O5. The lowest BCUT2D eigenvalue weighted by atomic mass is 9.82. The number of nitrogens with zero attached hydrogens (tertiary/aromatic N) is 2. The minimum atomic E-state index is -1.15. The molecule has 5 rings (SSSR count). The number of methoxy groups -OCH3 is 1. The first kappa shape index (κ1) is 23.2. The van der Waals surface area contributed by atoms with Crippen molar-refractivity contribution in [1.29, 1.82) is 0 Å². The van der Waals surface area contributed by atoms with E-state index in [1.165, 1.54) is 13.2 Å². The number of hydrogen-bond donors (Lipinski definition) is 2. The van der Waals surface area contributed by atoms with Gasteiger partial charge in [0.2, 0.25) is 0 Å². The molecule has 2 N–H and O–H groups in total. The molecule has 3 aromatic rings. The first-order valence-electron chi connectivity index (χ1n) is 11.7. The van der Waals surface area contributed by atoms with Gasteiger partial charge in [0.15, 0.2) is 0 Å². The number of carbonyl (C=O) groups is 2. The summed E-state index contributed by atoms with van der Waals surface area (Å²) >= 11 is 0. The van der Waals surface area contributed by atoms with Gasteiger partial charge in [0.25, 0.3) is 5.56 Å². The molecule has 35 heavy (non-hydrogen) atoms. The van der Waals surface area contributed by atoms with Crippen LogP contribution < -0.4 is 10.9 Å². The number of halogens is 1. The average molecular weight is 480 g/mol. The van der Waals surface area contributed by atoms with Gasteiger partial charge < -0.3 is 24.5 Å². The van der Waals surface area contributed by atoms with Gasteiger partial charge in [-0.25, -0.2) is 14.2 Å². The zero-order valence-electron chi connectivity index (χ0n) is 19.8. The zero-order chi connectivity index (χ0) is 25.0. The number of carboxylic acid groups (broad SMARTS) is 1. The minimum Gasteiger partial charge on any atom is -0.465 e. The van der Waals surface area contributed by atoms with Crippen LogP contribution in [-0.4, -0.2) is 34.1 Å². The fourth-order valence-electron chi connectivity index (χ4n) is 5.67. The van der Waals surface area contributed by atoms with E-state index in [1.54, 1.807) is 11.5 Å². The van der Waals surface area contributed by atoms with Gasteiger partial charge in [0, 0.05) is 35.6 Å². The van der Waals surface area contributed by atoms with Gasteiger partial charge >= 0.3 is 6.09 Å². The lowest BCUT2D eigenvalue weighted by Gasteiger charge is -2.29. The third-order valence-electron chi connectivity index (χ3n) is 7.36. The molecule has 0 saturated heterocycles. The summed E-state index contributed by atoms with van der Waals surface area (Å²) in [6.45, 7) is 3.87. The van der Waals surface area contributed by atoms with E-state index in [1.807, 2.05) is 13.0 Å². The van der Waals surface area contributed by atoms with Crippen LogP contribution in [0.1, 0.15) is 65.1 Å². The van der Waals surface area contributed by atoms with Crippen molar-refractivity contribution in [3.63, 3.8) is 0 Å². The lowest BCUT2D eigenvalue weighted by molar-refractivity contribution is -0.109. The Morgan fingerprint density at radius 3 is 2.83 bits per heavy atom. The average Bonchev–Trinajstić information content (AvgIpc) is 3.19. The number of nitrogens with one attached hydrogen (secondary N) is 1. The number of pyridine rings is 2. The van der Waals surface area contributed by atoms with Crippen LogP contribution in [0.4, 0.5) is 9.18 Å². The predicted molar refractivity (Wildman–Crippen MR) is 127 cm³/mol. The lowest BCUT2D eigenvalue weighted by Crippen LogP contribution is -2.31. The Balaban J connectivity index is 1.85.